The number of hydrogen-bond donors (Lipinski definition) is 1. The second-order valence-corrected chi connectivity index (χ2v) is 7.16. The second-order valence-electron chi connectivity index (χ2n) is 7.16. The Kier molecular flexibility index (Phi) is 4.28. The quantitative estimate of drug-likeness (QED) is 0.485. The normalized spacial score (nSPS) is 12.3. The van der Waals surface area contributed by atoms with Crippen LogP contribution in [0.25, 0.3) is 33.1 Å². The monoisotopic (exact) mass is 397 g/mol. The molecule has 0 saturated carbocycles. The van der Waals surface area contributed by atoms with Crippen LogP contribution in [0.1, 0.15) is 23.2 Å². The van der Waals surface area contributed by atoms with E-state index in [0.717, 1.165) is 38.7 Å². The summed E-state index contributed by atoms with van der Waals surface area (Å²) in [6.07, 6.45) is 6.71. The van der Waals surface area contributed by atoms with Gasteiger partial charge in [-0.2, -0.15) is 5.10 Å². The maximum Gasteiger partial charge on any atom is 0.239 e. The van der Waals surface area contributed by atoms with Crippen LogP contribution in [0.5, 0.6) is 5.75 Å². The van der Waals surface area contributed by atoms with Crippen molar-refractivity contribution in [2.75, 3.05) is 7.11 Å². The van der Waals surface area contributed by atoms with Crippen LogP contribution in [0.15, 0.2) is 67.4 Å². The molecule has 30 heavy (non-hydrogen) atoms. The van der Waals surface area contributed by atoms with Crippen LogP contribution in [0, 0.1) is 0 Å². The molecule has 0 radical (unpaired) electrons. The molecule has 0 bridgehead atoms. The Morgan fingerprint density at radius 3 is 2.73 bits per heavy atom. The molecule has 0 aliphatic heterocycles. The molecule has 0 saturated heterocycles. The fourth-order valence-electron chi connectivity index (χ4n) is 3.73. The van der Waals surface area contributed by atoms with E-state index in [1.807, 2.05) is 43.3 Å². The third-order valence-corrected chi connectivity index (χ3v) is 5.43. The summed E-state index contributed by atoms with van der Waals surface area (Å²) in [5.74, 6) is 0.431. The molecule has 148 valence electrons. The van der Waals surface area contributed by atoms with Gasteiger partial charge >= 0.3 is 0 Å². The number of ether oxygens (including phenoxy) is 1. The number of aromatic nitrogens is 5. The van der Waals surface area contributed by atoms with Crippen LogP contribution >= 0.6 is 0 Å². The van der Waals surface area contributed by atoms with Crippen LogP contribution < -0.4 is 4.74 Å². The second kappa shape index (κ2) is 7.11. The predicted octanol–water partition coefficient (Wildman–Crippen LogP) is 4.43. The summed E-state index contributed by atoms with van der Waals surface area (Å²) < 4.78 is 6.89. The highest BCUT2D eigenvalue weighted by atomic mass is 16.5. The highest BCUT2D eigenvalue weighted by molar-refractivity contribution is 5.99. The van der Waals surface area contributed by atoms with Crippen molar-refractivity contribution in [3.05, 3.63) is 72.9 Å². The molecule has 1 N–H and O–H groups in total. The first-order valence-electron chi connectivity index (χ1n) is 9.59. The van der Waals surface area contributed by atoms with Crippen molar-refractivity contribution in [2.45, 2.75) is 12.8 Å². The van der Waals surface area contributed by atoms with Crippen LogP contribution in [0.2, 0.25) is 0 Å². The van der Waals surface area contributed by atoms with Gasteiger partial charge in [0.25, 0.3) is 0 Å². The Labute approximate surface area is 172 Å². The third kappa shape index (κ3) is 2.91. The minimum atomic E-state index is -0.334. The van der Waals surface area contributed by atoms with E-state index < -0.39 is 0 Å². The molecule has 5 rings (SSSR count). The van der Waals surface area contributed by atoms with E-state index in [4.69, 9.17) is 4.74 Å². The first-order chi connectivity index (χ1) is 14.7. The molecule has 0 aliphatic rings. The summed E-state index contributed by atoms with van der Waals surface area (Å²) in [5.41, 5.74) is 3.13. The number of carbonyl (C=O) groups excluding carboxylic acids is 1. The lowest BCUT2D eigenvalue weighted by Crippen LogP contribution is -2.17. The Hall–Kier alpha value is -4.00. The molecule has 5 aromatic rings. The highest BCUT2D eigenvalue weighted by Gasteiger charge is 2.21. The number of fused-ring (bicyclic) bond motifs is 2. The zero-order valence-electron chi connectivity index (χ0n) is 16.5. The zero-order chi connectivity index (χ0) is 20.7. The lowest BCUT2D eigenvalue weighted by Gasteiger charge is -2.13. The van der Waals surface area contributed by atoms with E-state index in [1.165, 1.54) is 6.33 Å². The number of rotatable bonds is 4. The van der Waals surface area contributed by atoms with Gasteiger partial charge in [-0.1, -0.05) is 24.3 Å². The molecule has 7 nitrogen and oxygen atoms in total. The lowest BCUT2D eigenvalue weighted by molar-refractivity contribution is 0.0889. The smallest absolute Gasteiger partial charge is 0.239 e. The van der Waals surface area contributed by atoms with E-state index >= 15 is 0 Å². The van der Waals surface area contributed by atoms with Crippen molar-refractivity contribution in [3.63, 3.8) is 0 Å². The van der Waals surface area contributed by atoms with E-state index in [2.05, 4.69) is 26.2 Å². The number of nitrogens with one attached hydrogen (secondary N) is 1. The van der Waals surface area contributed by atoms with Gasteiger partial charge in [0, 0.05) is 23.3 Å². The first-order valence-corrected chi connectivity index (χ1v) is 9.59. The molecule has 7 heteroatoms. The maximum absolute atomic E-state index is 13.3. The van der Waals surface area contributed by atoms with Crippen LogP contribution in [-0.2, 0) is 0 Å². The molecule has 0 unspecified atom stereocenters. The van der Waals surface area contributed by atoms with Crippen molar-refractivity contribution in [3.8, 4) is 17.0 Å². The van der Waals surface area contributed by atoms with Crippen molar-refractivity contribution in [2.24, 2.45) is 0 Å². The summed E-state index contributed by atoms with van der Waals surface area (Å²) >= 11 is 0. The van der Waals surface area contributed by atoms with Gasteiger partial charge in [0.2, 0.25) is 5.91 Å². The number of carbonyl (C=O) groups is 1. The number of benzene rings is 2. The van der Waals surface area contributed by atoms with E-state index in [0.29, 0.717) is 5.65 Å². The average molecular weight is 397 g/mol. The molecule has 3 aromatic heterocycles. The SMILES string of the molecule is COc1ccc2cc([C@H](C)C(=O)n3ccc4c(-c5cn[nH]c5)ncnc43)ccc2c1. The van der Waals surface area contributed by atoms with Crippen molar-refractivity contribution >= 4 is 27.7 Å². The van der Waals surface area contributed by atoms with Crippen molar-refractivity contribution < 1.29 is 9.53 Å². The van der Waals surface area contributed by atoms with E-state index in [1.54, 1.807) is 30.3 Å². The van der Waals surface area contributed by atoms with E-state index in [9.17, 15) is 4.79 Å². The van der Waals surface area contributed by atoms with Gasteiger partial charge < -0.3 is 4.74 Å². The third-order valence-electron chi connectivity index (χ3n) is 5.43. The molecular weight excluding hydrogens is 378 g/mol. The summed E-state index contributed by atoms with van der Waals surface area (Å²) in [5, 5.41) is 9.72. The van der Waals surface area contributed by atoms with Gasteiger partial charge in [0.15, 0.2) is 5.65 Å². The van der Waals surface area contributed by atoms with Crippen molar-refractivity contribution in [1.29, 1.82) is 0 Å². The molecule has 0 aliphatic carbocycles. The van der Waals surface area contributed by atoms with Gasteiger partial charge in [-0.15, -0.1) is 0 Å². The molecule has 0 amide bonds. The first kappa shape index (κ1) is 18.1. The van der Waals surface area contributed by atoms with Crippen LogP contribution in [0.3, 0.4) is 0 Å². The Bertz CT molecular complexity index is 1370. The maximum atomic E-state index is 13.3. The standard InChI is InChI=1S/C23H19N5O2/c1-14(15-3-4-17-10-19(30-2)6-5-16(17)9-15)23(29)28-8-7-20-21(18-11-26-27-12-18)24-13-25-22(20)28/h3-14H,1-2H3,(H,26,27)/t14-/m0/s1. The Morgan fingerprint density at radius 1 is 1.10 bits per heavy atom. The van der Waals surface area contributed by atoms with Gasteiger partial charge in [-0.25, -0.2) is 9.97 Å². The zero-order valence-corrected chi connectivity index (χ0v) is 16.5. The average Bonchev–Trinajstić information content (AvgIpc) is 3.47. The van der Waals surface area contributed by atoms with Crippen LogP contribution in [-0.4, -0.2) is 37.7 Å². The highest BCUT2D eigenvalue weighted by Crippen LogP contribution is 2.29. The molecule has 0 spiro atoms. The molecule has 0 fully saturated rings. The number of aromatic amines is 1. The van der Waals surface area contributed by atoms with Crippen LogP contribution in [0.4, 0.5) is 0 Å². The van der Waals surface area contributed by atoms with Gasteiger partial charge in [-0.05, 0) is 41.5 Å². The summed E-state index contributed by atoms with van der Waals surface area (Å²) in [6.45, 7) is 1.91. The fourth-order valence-corrected chi connectivity index (χ4v) is 3.73. The Balaban J connectivity index is 1.52. The number of nitrogens with zero attached hydrogens (tertiary/aromatic N) is 4. The lowest BCUT2D eigenvalue weighted by atomic mass is 9.97. The summed E-state index contributed by atoms with van der Waals surface area (Å²) in [7, 11) is 1.65. The molecule has 3 heterocycles. The predicted molar refractivity (Wildman–Crippen MR) is 115 cm³/mol. The Morgan fingerprint density at radius 2 is 1.93 bits per heavy atom. The molecule has 2 aromatic carbocycles. The van der Waals surface area contributed by atoms with Gasteiger partial charge in [0.05, 0.1) is 24.9 Å². The number of methoxy groups -OCH3 is 1. The largest absolute Gasteiger partial charge is 0.497 e. The fraction of sp³-hybridized carbons (Fsp3) is 0.130. The van der Waals surface area contributed by atoms with Gasteiger partial charge in [-0.3, -0.25) is 14.5 Å². The minimum Gasteiger partial charge on any atom is -0.497 e. The van der Waals surface area contributed by atoms with Gasteiger partial charge in [0.1, 0.15) is 12.1 Å². The number of H-pyrrole nitrogens is 1. The topological polar surface area (TPSA) is 85.7 Å². The minimum absolute atomic E-state index is 0.0466. The molecular formula is C23H19N5O2. The molecule has 1 atom stereocenters. The summed E-state index contributed by atoms with van der Waals surface area (Å²) in [4.78, 5) is 22.1. The van der Waals surface area contributed by atoms with Crippen molar-refractivity contribution in [1.82, 2.24) is 24.7 Å². The summed E-state index contributed by atoms with van der Waals surface area (Å²) in [6, 6.07) is 13.8. The number of hydrogen-bond acceptors (Lipinski definition) is 5. The van der Waals surface area contributed by atoms with E-state index in [-0.39, 0.29) is 11.8 Å².